The fraction of sp³-hybridized carbons (Fsp3) is 0.125. The largest absolute Gasteiger partial charge is 0.449 e. The van der Waals surface area contributed by atoms with Crippen LogP contribution in [-0.4, -0.2) is 22.9 Å². The summed E-state index contributed by atoms with van der Waals surface area (Å²) in [7, 11) is 0. The van der Waals surface area contributed by atoms with Crippen LogP contribution in [0, 0.1) is 15.9 Å². The Balaban J connectivity index is 2.10. The van der Waals surface area contributed by atoms with Crippen molar-refractivity contribution >= 4 is 40.5 Å². The maximum Gasteiger partial charge on any atom is 0.341 e. The fourth-order valence-electron chi connectivity index (χ4n) is 1.94. The van der Waals surface area contributed by atoms with Crippen molar-refractivity contribution in [2.75, 3.05) is 11.1 Å². The summed E-state index contributed by atoms with van der Waals surface area (Å²) in [6.07, 6.45) is -1.31. The van der Waals surface area contributed by atoms with E-state index in [1.54, 1.807) is 0 Å². The molecule has 2 aromatic rings. The lowest BCUT2D eigenvalue weighted by molar-refractivity contribution is -0.384. The van der Waals surface area contributed by atoms with Gasteiger partial charge in [-0.1, -0.05) is 11.6 Å². The number of rotatable bonds is 5. The number of amides is 1. The summed E-state index contributed by atoms with van der Waals surface area (Å²) in [6, 6.07) is 6.90. The first-order valence-corrected chi connectivity index (χ1v) is 7.57. The number of ether oxygens (including phenoxy) is 1. The van der Waals surface area contributed by atoms with Gasteiger partial charge in [0.05, 0.1) is 16.2 Å². The Hall–Kier alpha value is -3.20. The number of nitrogen functional groups attached to an aromatic ring is 1. The molecule has 0 aliphatic heterocycles. The van der Waals surface area contributed by atoms with Gasteiger partial charge in [-0.2, -0.15) is 0 Å². The molecule has 0 aliphatic rings. The summed E-state index contributed by atoms with van der Waals surface area (Å²) in [5, 5.41) is 13.2. The molecular weight excluding hydrogens is 369 g/mol. The summed E-state index contributed by atoms with van der Waals surface area (Å²) in [5.41, 5.74) is 4.82. The third kappa shape index (κ3) is 4.45. The smallest absolute Gasteiger partial charge is 0.341 e. The van der Waals surface area contributed by atoms with Gasteiger partial charge in [0.15, 0.2) is 6.10 Å². The molecule has 1 unspecified atom stereocenters. The van der Waals surface area contributed by atoms with Crippen molar-refractivity contribution in [3.8, 4) is 0 Å². The zero-order valence-electron chi connectivity index (χ0n) is 13.4. The van der Waals surface area contributed by atoms with Crippen LogP contribution in [0.5, 0.6) is 0 Å². The standard InChI is InChI=1S/C16H13ClFN3O5/c1-8(15(22)20-14-5-2-9(17)6-12(14)18)26-16(23)11-7-10(21(24)25)3-4-13(11)19/h2-8H,19H2,1H3,(H,20,22). The lowest BCUT2D eigenvalue weighted by Gasteiger charge is -2.14. The number of benzene rings is 2. The Morgan fingerprint density at radius 3 is 2.62 bits per heavy atom. The molecule has 8 nitrogen and oxygen atoms in total. The molecule has 2 aromatic carbocycles. The fourth-order valence-corrected chi connectivity index (χ4v) is 2.10. The van der Waals surface area contributed by atoms with E-state index in [1.807, 2.05) is 0 Å². The van der Waals surface area contributed by atoms with E-state index in [0.717, 1.165) is 18.2 Å². The van der Waals surface area contributed by atoms with E-state index >= 15 is 0 Å². The Bertz CT molecular complexity index is 890. The molecule has 0 radical (unpaired) electrons. The first kappa shape index (κ1) is 19.1. The van der Waals surface area contributed by atoms with E-state index in [0.29, 0.717) is 0 Å². The number of nitrogens with one attached hydrogen (secondary N) is 1. The highest BCUT2D eigenvalue weighted by molar-refractivity contribution is 6.30. The summed E-state index contributed by atoms with van der Waals surface area (Å²) in [5.74, 6) is -2.58. The average Bonchev–Trinajstić information content (AvgIpc) is 2.57. The number of nitro benzene ring substituents is 1. The zero-order valence-corrected chi connectivity index (χ0v) is 14.1. The van der Waals surface area contributed by atoms with E-state index in [4.69, 9.17) is 22.1 Å². The molecule has 0 saturated heterocycles. The van der Waals surface area contributed by atoms with Crippen molar-refractivity contribution in [1.29, 1.82) is 0 Å². The monoisotopic (exact) mass is 381 g/mol. The maximum atomic E-state index is 13.7. The van der Waals surface area contributed by atoms with Crippen LogP contribution < -0.4 is 11.1 Å². The molecule has 10 heteroatoms. The van der Waals surface area contributed by atoms with Crippen LogP contribution >= 0.6 is 11.6 Å². The summed E-state index contributed by atoms with van der Waals surface area (Å²) in [4.78, 5) is 34.3. The number of carbonyl (C=O) groups is 2. The average molecular weight is 382 g/mol. The molecular formula is C16H13ClFN3O5. The van der Waals surface area contributed by atoms with Crippen LogP contribution in [0.3, 0.4) is 0 Å². The van der Waals surface area contributed by atoms with Gasteiger partial charge in [0.1, 0.15) is 5.82 Å². The Kier molecular flexibility index (Phi) is 5.73. The Morgan fingerprint density at radius 1 is 1.31 bits per heavy atom. The molecule has 0 saturated carbocycles. The van der Waals surface area contributed by atoms with Crippen molar-refractivity contribution in [3.63, 3.8) is 0 Å². The third-order valence-electron chi connectivity index (χ3n) is 3.31. The molecule has 1 atom stereocenters. The number of hydrogen-bond donors (Lipinski definition) is 2. The molecule has 0 fully saturated rings. The number of nitrogens with two attached hydrogens (primary N) is 1. The van der Waals surface area contributed by atoms with Gasteiger partial charge in [-0.25, -0.2) is 9.18 Å². The lowest BCUT2D eigenvalue weighted by atomic mass is 10.1. The van der Waals surface area contributed by atoms with Crippen molar-refractivity contribution in [3.05, 3.63) is 62.9 Å². The van der Waals surface area contributed by atoms with Crippen LogP contribution in [0.4, 0.5) is 21.5 Å². The van der Waals surface area contributed by atoms with E-state index < -0.39 is 28.7 Å². The highest BCUT2D eigenvalue weighted by atomic mass is 35.5. The third-order valence-corrected chi connectivity index (χ3v) is 3.54. The van der Waals surface area contributed by atoms with Gasteiger partial charge in [-0.3, -0.25) is 14.9 Å². The van der Waals surface area contributed by atoms with Crippen LogP contribution in [0.25, 0.3) is 0 Å². The summed E-state index contributed by atoms with van der Waals surface area (Å²) < 4.78 is 18.6. The van der Waals surface area contributed by atoms with Gasteiger partial charge in [0.25, 0.3) is 11.6 Å². The maximum absolute atomic E-state index is 13.7. The SMILES string of the molecule is CC(OC(=O)c1cc([N+](=O)[O-])ccc1N)C(=O)Nc1ccc(Cl)cc1F. The molecule has 3 N–H and O–H groups in total. The molecule has 136 valence electrons. The number of carbonyl (C=O) groups excluding carboxylic acids is 2. The second-order valence-electron chi connectivity index (χ2n) is 5.19. The molecule has 0 aromatic heterocycles. The predicted octanol–water partition coefficient (Wildman–Crippen LogP) is 3.15. The number of nitro groups is 1. The highest BCUT2D eigenvalue weighted by Crippen LogP contribution is 2.22. The van der Waals surface area contributed by atoms with E-state index in [-0.39, 0.29) is 27.6 Å². The van der Waals surface area contributed by atoms with Gasteiger partial charge in [0.2, 0.25) is 0 Å². The van der Waals surface area contributed by atoms with Crippen molar-refractivity contribution < 1.29 is 23.6 Å². The van der Waals surface area contributed by atoms with Crippen molar-refractivity contribution in [2.24, 2.45) is 0 Å². The molecule has 0 aliphatic carbocycles. The van der Waals surface area contributed by atoms with Crippen LogP contribution in [0.15, 0.2) is 36.4 Å². The van der Waals surface area contributed by atoms with Gasteiger partial charge in [-0.15, -0.1) is 0 Å². The van der Waals surface area contributed by atoms with E-state index in [9.17, 15) is 24.1 Å². The van der Waals surface area contributed by atoms with E-state index in [1.165, 1.54) is 25.1 Å². The van der Waals surface area contributed by atoms with Gasteiger partial charge < -0.3 is 15.8 Å². The zero-order chi connectivity index (χ0) is 19.4. The van der Waals surface area contributed by atoms with Crippen molar-refractivity contribution in [2.45, 2.75) is 13.0 Å². The summed E-state index contributed by atoms with van der Waals surface area (Å²) in [6.45, 7) is 1.26. The number of esters is 1. The number of non-ortho nitro benzene ring substituents is 1. The molecule has 2 rings (SSSR count). The number of hydrogen-bond acceptors (Lipinski definition) is 6. The number of anilines is 2. The first-order chi connectivity index (χ1) is 12.2. The van der Waals surface area contributed by atoms with Gasteiger partial charge >= 0.3 is 5.97 Å². The minimum Gasteiger partial charge on any atom is -0.449 e. The Labute approximate surface area is 151 Å². The first-order valence-electron chi connectivity index (χ1n) is 7.20. The van der Waals surface area contributed by atoms with Gasteiger partial charge in [0, 0.05) is 22.8 Å². The molecule has 0 heterocycles. The minimum absolute atomic E-state index is 0.0445. The highest BCUT2D eigenvalue weighted by Gasteiger charge is 2.23. The topological polar surface area (TPSA) is 125 Å². The van der Waals surface area contributed by atoms with Crippen LogP contribution in [0.1, 0.15) is 17.3 Å². The Morgan fingerprint density at radius 2 is 2.00 bits per heavy atom. The molecule has 0 spiro atoms. The lowest BCUT2D eigenvalue weighted by Crippen LogP contribution is -2.30. The predicted molar refractivity (Wildman–Crippen MR) is 92.4 cm³/mol. The molecule has 1 amide bonds. The summed E-state index contributed by atoms with van der Waals surface area (Å²) >= 11 is 5.62. The second-order valence-corrected chi connectivity index (χ2v) is 5.63. The second kappa shape index (κ2) is 7.79. The van der Waals surface area contributed by atoms with Crippen molar-refractivity contribution in [1.82, 2.24) is 0 Å². The van der Waals surface area contributed by atoms with Crippen LogP contribution in [-0.2, 0) is 9.53 Å². The molecule has 0 bridgehead atoms. The normalized spacial score (nSPS) is 11.5. The minimum atomic E-state index is -1.31. The van der Waals surface area contributed by atoms with E-state index in [2.05, 4.69) is 5.32 Å². The quantitative estimate of drug-likeness (QED) is 0.355. The van der Waals surface area contributed by atoms with Crippen LogP contribution in [0.2, 0.25) is 5.02 Å². The van der Waals surface area contributed by atoms with Gasteiger partial charge in [-0.05, 0) is 31.2 Å². The number of halogens is 2. The number of nitrogens with zero attached hydrogens (tertiary/aromatic N) is 1. The molecule has 26 heavy (non-hydrogen) atoms.